The Morgan fingerprint density at radius 1 is 1.12 bits per heavy atom. The maximum Gasteiger partial charge on any atom is 0.273 e. The number of amides is 1. The van der Waals surface area contributed by atoms with Crippen LogP contribution in [0.25, 0.3) is 22.0 Å². The molecule has 4 aromatic rings. The largest absolute Gasteiger partial charge is 0.497 e. The summed E-state index contributed by atoms with van der Waals surface area (Å²) in [6.07, 6.45) is 4.72. The summed E-state index contributed by atoms with van der Waals surface area (Å²) in [5, 5.41) is 1.84. The minimum atomic E-state index is -0.360. The topological polar surface area (TPSA) is 77.4 Å². The zero-order valence-electron chi connectivity index (χ0n) is 17.6. The number of hydrogen-bond donors (Lipinski definition) is 0. The molecule has 2 aromatic heterocycles. The maximum absolute atomic E-state index is 13.3. The van der Waals surface area contributed by atoms with Gasteiger partial charge < -0.3 is 14.4 Å². The smallest absolute Gasteiger partial charge is 0.273 e. The lowest BCUT2D eigenvalue weighted by Gasteiger charge is -2.32. The van der Waals surface area contributed by atoms with Crippen molar-refractivity contribution in [2.75, 3.05) is 26.8 Å². The van der Waals surface area contributed by atoms with Crippen molar-refractivity contribution in [1.82, 2.24) is 19.9 Å². The Morgan fingerprint density at radius 3 is 2.94 bits per heavy atom. The van der Waals surface area contributed by atoms with Crippen LogP contribution in [0, 0.1) is 0 Å². The summed E-state index contributed by atoms with van der Waals surface area (Å²) < 4.78 is 11.3. The average molecular weight is 426 g/mol. The summed E-state index contributed by atoms with van der Waals surface area (Å²) in [5.74, 6) is 0.648. The molecule has 0 bridgehead atoms. The summed E-state index contributed by atoms with van der Waals surface area (Å²) in [6.45, 7) is 1.31. The number of rotatable bonds is 4. The predicted octanol–water partition coefficient (Wildman–Crippen LogP) is 3.91. The molecule has 1 aliphatic heterocycles. The van der Waals surface area contributed by atoms with Crippen LogP contribution in [0.1, 0.15) is 22.3 Å². The Kier molecular flexibility index (Phi) is 5.47. The van der Waals surface area contributed by atoms with Crippen LogP contribution in [0.4, 0.5) is 0 Å². The number of benzene rings is 2. The molecule has 160 valence electrons. The second kappa shape index (κ2) is 8.72. The lowest BCUT2D eigenvalue weighted by molar-refractivity contribution is -0.0249. The summed E-state index contributed by atoms with van der Waals surface area (Å²) in [5.41, 5.74) is 2.78. The van der Waals surface area contributed by atoms with Crippen LogP contribution in [0.3, 0.4) is 0 Å². The molecule has 1 saturated heterocycles. The Morgan fingerprint density at radius 2 is 2.03 bits per heavy atom. The summed E-state index contributed by atoms with van der Waals surface area (Å²) in [6, 6.07) is 17.4. The number of aromatic nitrogens is 3. The van der Waals surface area contributed by atoms with E-state index >= 15 is 0 Å². The molecule has 0 spiro atoms. The number of fused-ring (bicyclic) bond motifs is 1. The SMILES string of the molecule is COc1cccc(-c2cncc([C@@H]3CN(C(=O)c4nccc5ccccc45)CCO3)n2)c1. The van der Waals surface area contributed by atoms with Crippen molar-refractivity contribution >= 4 is 16.7 Å². The van der Waals surface area contributed by atoms with Crippen LogP contribution in [0.5, 0.6) is 5.75 Å². The highest BCUT2D eigenvalue weighted by Gasteiger charge is 2.29. The first-order chi connectivity index (χ1) is 15.7. The fourth-order valence-electron chi connectivity index (χ4n) is 3.91. The number of carbonyl (C=O) groups is 1. The van der Waals surface area contributed by atoms with Crippen LogP contribution in [-0.4, -0.2) is 52.6 Å². The second-order valence-electron chi connectivity index (χ2n) is 7.55. The third-order valence-electron chi connectivity index (χ3n) is 5.58. The van der Waals surface area contributed by atoms with Gasteiger partial charge in [0, 0.05) is 23.7 Å². The predicted molar refractivity (Wildman–Crippen MR) is 120 cm³/mol. The van der Waals surface area contributed by atoms with Crippen LogP contribution in [-0.2, 0) is 4.74 Å². The molecule has 7 nitrogen and oxygen atoms in total. The van der Waals surface area contributed by atoms with Gasteiger partial charge in [-0.1, -0.05) is 36.4 Å². The van der Waals surface area contributed by atoms with Crippen molar-refractivity contribution in [3.8, 4) is 17.0 Å². The van der Waals surface area contributed by atoms with E-state index in [0.29, 0.717) is 31.1 Å². The third kappa shape index (κ3) is 3.90. The number of ether oxygens (including phenoxy) is 2. The minimum absolute atomic E-state index is 0.105. The van der Waals surface area contributed by atoms with Crippen molar-refractivity contribution in [2.24, 2.45) is 0 Å². The summed E-state index contributed by atoms with van der Waals surface area (Å²) in [4.78, 5) is 28.6. The fourth-order valence-corrected chi connectivity index (χ4v) is 3.91. The summed E-state index contributed by atoms with van der Waals surface area (Å²) >= 11 is 0. The standard InChI is InChI=1S/C25H22N4O3/c1-31-19-7-4-6-18(13-19)21-14-26-15-22(28-21)23-16-29(11-12-32-23)25(30)24-20-8-3-2-5-17(20)9-10-27-24/h2-10,13-15,23H,11-12,16H2,1H3/t23-/m0/s1. The first kappa shape index (κ1) is 20.1. The van der Waals surface area contributed by atoms with Gasteiger partial charge in [0.1, 0.15) is 17.5 Å². The van der Waals surface area contributed by atoms with Crippen LogP contribution in [0.15, 0.2) is 73.2 Å². The van der Waals surface area contributed by atoms with Gasteiger partial charge in [0.15, 0.2) is 0 Å². The molecule has 0 unspecified atom stereocenters. The molecular weight excluding hydrogens is 404 g/mol. The van der Waals surface area contributed by atoms with Crippen LogP contribution < -0.4 is 4.74 Å². The van der Waals surface area contributed by atoms with E-state index in [-0.39, 0.29) is 12.0 Å². The highest BCUT2D eigenvalue weighted by atomic mass is 16.5. The van der Waals surface area contributed by atoms with E-state index in [2.05, 4.69) is 9.97 Å². The van der Waals surface area contributed by atoms with Gasteiger partial charge in [0.25, 0.3) is 5.91 Å². The van der Waals surface area contributed by atoms with E-state index in [1.54, 1.807) is 30.6 Å². The molecule has 7 heteroatoms. The normalized spacial score (nSPS) is 16.2. The zero-order valence-corrected chi connectivity index (χ0v) is 17.6. The van der Waals surface area contributed by atoms with Gasteiger partial charge in [-0.05, 0) is 23.6 Å². The zero-order chi connectivity index (χ0) is 21.9. The Bertz CT molecular complexity index is 1270. The number of methoxy groups -OCH3 is 1. The van der Waals surface area contributed by atoms with Crippen molar-refractivity contribution in [3.63, 3.8) is 0 Å². The van der Waals surface area contributed by atoms with Crippen molar-refractivity contribution in [2.45, 2.75) is 6.10 Å². The number of hydrogen-bond acceptors (Lipinski definition) is 6. The van der Waals surface area contributed by atoms with Crippen molar-refractivity contribution < 1.29 is 14.3 Å². The molecule has 0 saturated carbocycles. The van der Waals surface area contributed by atoms with E-state index in [1.807, 2.05) is 54.6 Å². The van der Waals surface area contributed by atoms with E-state index in [1.165, 1.54) is 0 Å². The molecule has 0 radical (unpaired) electrons. The lowest BCUT2D eigenvalue weighted by atomic mass is 10.1. The van der Waals surface area contributed by atoms with Crippen LogP contribution >= 0.6 is 0 Å². The van der Waals surface area contributed by atoms with Gasteiger partial charge >= 0.3 is 0 Å². The highest BCUT2D eigenvalue weighted by Crippen LogP contribution is 2.26. The molecular formula is C25H22N4O3. The molecule has 1 aliphatic rings. The average Bonchev–Trinajstić information content (AvgIpc) is 2.88. The first-order valence-corrected chi connectivity index (χ1v) is 10.4. The molecule has 2 aromatic carbocycles. The van der Waals surface area contributed by atoms with Gasteiger partial charge in [0.2, 0.25) is 0 Å². The first-order valence-electron chi connectivity index (χ1n) is 10.4. The minimum Gasteiger partial charge on any atom is -0.497 e. The fraction of sp³-hybridized carbons (Fsp3) is 0.200. The van der Waals surface area contributed by atoms with E-state index in [9.17, 15) is 4.79 Å². The molecule has 5 rings (SSSR count). The molecule has 1 atom stereocenters. The molecule has 3 heterocycles. The second-order valence-corrected chi connectivity index (χ2v) is 7.55. The number of morpholine rings is 1. The van der Waals surface area contributed by atoms with Gasteiger partial charge in [-0.15, -0.1) is 0 Å². The molecule has 32 heavy (non-hydrogen) atoms. The van der Waals surface area contributed by atoms with Gasteiger partial charge in [-0.3, -0.25) is 14.8 Å². The van der Waals surface area contributed by atoms with Gasteiger partial charge in [-0.25, -0.2) is 4.98 Å². The molecule has 1 fully saturated rings. The highest BCUT2D eigenvalue weighted by molar-refractivity contribution is 6.05. The Balaban J connectivity index is 1.40. The molecule has 1 amide bonds. The Labute approximate surface area is 185 Å². The van der Waals surface area contributed by atoms with Gasteiger partial charge in [-0.2, -0.15) is 0 Å². The third-order valence-corrected chi connectivity index (χ3v) is 5.58. The van der Waals surface area contributed by atoms with Crippen LogP contribution in [0.2, 0.25) is 0 Å². The lowest BCUT2D eigenvalue weighted by Crippen LogP contribution is -2.42. The van der Waals surface area contributed by atoms with Crippen molar-refractivity contribution in [3.05, 3.63) is 84.6 Å². The van der Waals surface area contributed by atoms with Crippen molar-refractivity contribution in [1.29, 1.82) is 0 Å². The Hall–Kier alpha value is -3.84. The molecule has 0 N–H and O–H groups in total. The number of pyridine rings is 1. The summed E-state index contributed by atoms with van der Waals surface area (Å²) in [7, 11) is 1.63. The number of carbonyl (C=O) groups excluding carboxylic acids is 1. The quantitative estimate of drug-likeness (QED) is 0.492. The monoisotopic (exact) mass is 426 g/mol. The van der Waals surface area contributed by atoms with E-state index in [0.717, 1.165) is 27.8 Å². The van der Waals surface area contributed by atoms with E-state index in [4.69, 9.17) is 14.5 Å². The maximum atomic E-state index is 13.3. The molecule has 0 aliphatic carbocycles. The van der Waals surface area contributed by atoms with Gasteiger partial charge in [0.05, 0.1) is 44.0 Å². The number of nitrogens with zero attached hydrogens (tertiary/aromatic N) is 4. The van der Waals surface area contributed by atoms with E-state index < -0.39 is 0 Å².